The minimum Gasteiger partial charge on any atom is -0.378 e. The summed E-state index contributed by atoms with van der Waals surface area (Å²) in [6.45, 7) is 0.547. The lowest BCUT2D eigenvalue weighted by molar-refractivity contribution is 0.762. The number of hydrogen-bond acceptors (Lipinski definition) is 6. The Balaban J connectivity index is 1.53. The standard InChI is InChI=1S/C21H23N7/c1-27(2)16-10-8-15(9-11-16)18(22)12-23-20-19-21(25-13-24-20)28(14-26-19)17-6-4-3-5-7-17/h3-11,13-14,18H,12,22H2,1-2H3,(H,23,24,25). The molecule has 3 N–H and O–H groups in total. The van der Waals surface area contributed by atoms with Gasteiger partial charge in [-0.15, -0.1) is 0 Å². The highest BCUT2D eigenvalue weighted by atomic mass is 15.1. The van der Waals surface area contributed by atoms with Gasteiger partial charge < -0.3 is 16.0 Å². The van der Waals surface area contributed by atoms with E-state index in [0.29, 0.717) is 12.4 Å². The smallest absolute Gasteiger partial charge is 0.170 e. The van der Waals surface area contributed by atoms with Gasteiger partial charge in [0.2, 0.25) is 0 Å². The number of benzene rings is 2. The summed E-state index contributed by atoms with van der Waals surface area (Å²) in [6.07, 6.45) is 3.31. The fourth-order valence-corrected chi connectivity index (χ4v) is 3.09. The second-order valence-corrected chi connectivity index (χ2v) is 6.82. The zero-order chi connectivity index (χ0) is 19.5. The molecule has 1 unspecified atom stereocenters. The molecule has 4 aromatic rings. The van der Waals surface area contributed by atoms with Gasteiger partial charge in [0, 0.05) is 38.1 Å². The largest absolute Gasteiger partial charge is 0.378 e. The predicted molar refractivity (Wildman–Crippen MR) is 113 cm³/mol. The van der Waals surface area contributed by atoms with Crippen LogP contribution in [0.1, 0.15) is 11.6 Å². The van der Waals surface area contributed by atoms with Gasteiger partial charge >= 0.3 is 0 Å². The summed E-state index contributed by atoms with van der Waals surface area (Å²) in [5.41, 5.74) is 11.1. The number of aromatic nitrogens is 4. The number of rotatable bonds is 6. The molecule has 0 bridgehead atoms. The van der Waals surface area contributed by atoms with Gasteiger partial charge in [-0.3, -0.25) is 4.57 Å². The summed E-state index contributed by atoms with van der Waals surface area (Å²) >= 11 is 0. The molecule has 0 aliphatic rings. The van der Waals surface area contributed by atoms with Crippen LogP contribution in [0, 0.1) is 0 Å². The van der Waals surface area contributed by atoms with E-state index in [2.05, 4.69) is 49.4 Å². The monoisotopic (exact) mass is 373 g/mol. The van der Waals surface area contributed by atoms with E-state index in [9.17, 15) is 0 Å². The molecular weight excluding hydrogens is 350 g/mol. The SMILES string of the molecule is CN(C)c1ccc(C(N)CNc2ncnc3c2ncn3-c2ccccc2)cc1. The van der Waals surface area contributed by atoms with E-state index in [4.69, 9.17) is 5.73 Å². The number of nitrogens with two attached hydrogens (primary N) is 1. The zero-order valence-corrected chi connectivity index (χ0v) is 15.9. The Kier molecular flexibility index (Phi) is 4.90. The Morgan fingerprint density at radius 1 is 1.00 bits per heavy atom. The molecule has 7 heteroatoms. The van der Waals surface area contributed by atoms with Crippen LogP contribution in [-0.4, -0.2) is 40.2 Å². The lowest BCUT2D eigenvalue weighted by atomic mass is 10.1. The van der Waals surface area contributed by atoms with Crippen LogP contribution in [0.5, 0.6) is 0 Å². The maximum atomic E-state index is 6.36. The maximum Gasteiger partial charge on any atom is 0.170 e. The summed E-state index contributed by atoms with van der Waals surface area (Å²) in [5, 5.41) is 3.33. The molecule has 2 aromatic carbocycles. The van der Waals surface area contributed by atoms with Crippen molar-refractivity contribution in [3.63, 3.8) is 0 Å². The fourth-order valence-electron chi connectivity index (χ4n) is 3.09. The first-order valence-electron chi connectivity index (χ1n) is 9.13. The van der Waals surface area contributed by atoms with Crippen LogP contribution >= 0.6 is 0 Å². The Bertz CT molecular complexity index is 1060. The molecule has 0 aliphatic heterocycles. The molecule has 1 atom stereocenters. The fraction of sp³-hybridized carbons (Fsp3) is 0.190. The third kappa shape index (κ3) is 3.52. The molecule has 0 spiro atoms. The highest BCUT2D eigenvalue weighted by Crippen LogP contribution is 2.22. The van der Waals surface area contributed by atoms with Gasteiger partial charge in [-0.2, -0.15) is 0 Å². The van der Waals surface area contributed by atoms with Crippen molar-refractivity contribution in [3.8, 4) is 5.69 Å². The summed E-state index contributed by atoms with van der Waals surface area (Å²) in [7, 11) is 4.04. The molecule has 142 valence electrons. The third-order valence-electron chi connectivity index (χ3n) is 4.69. The molecule has 28 heavy (non-hydrogen) atoms. The van der Waals surface area contributed by atoms with E-state index < -0.39 is 0 Å². The minimum absolute atomic E-state index is 0.155. The van der Waals surface area contributed by atoms with Crippen LogP contribution in [0.4, 0.5) is 11.5 Å². The Hall–Kier alpha value is -3.45. The molecule has 0 amide bonds. The number of fused-ring (bicyclic) bond motifs is 1. The number of para-hydroxylation sites is 1. The third-order valence-corrected chi connectivity index (χ3v) is 4.69. The normalized spacial score (nSPS) is 12.1. The highest BCUT2D eigenvalue weighted by Gasteiger charge is 2.13. The Labute approximate surface area is 163 Å². The van der Waals surface area contributed by atoms with Gasteiger partial charge in [-0.05, 0) is 29.8 Å². The average molecular weight is 373 g/mol. The summed E-state index contributed by atoms with van der Waals surface area (Å²) < 4.78 is 1.95. The Morgan fingerprint density at radius 3 is 2.46 bits per heavy atom. The Morgan fingerprint density at radius 2 is 1.75 bits per heavy atom. The molecule has 2 heterocycles. The van der Waals surface area contributed by atoms with E-state index >= 15 is 0 Å². The zero-order valence-electron chi connectivity index (χ0n) is 15.9. The van der Waals surface area contributed by atoms with Crippen molar-refractivity contribution < 1.29 is 0 Å². The molecule has 7 nitrogen and oxygen atoms in total. The minimum atomic E-state index is -0.155. The lowest BCUT2D eigenvalue weighted by Gasteiger charge is -2.16. The lowest BCUT2D eigenvalue weighted by Crippen LogP contribution is -2.21. The van der Waals surface area contributed by atoms with E-state index in [1.54, 1.807) is 12.7 Å². The van der Waals surface area contributed by atoms with Gasteiger partial charge in [-0.25, -0.2) is 15.0 Å². The van der Waals surface area contributed by atoms with Gasteiger partial charge in [0.1, 0.15) is 12.7 Å². The average Bonchev–Trinajstić information content (AvgIpc) is 3.17. The number of anilines is 2. The topological polar surface area (TPSA) is 84.9 Å². The van der Waals surface area contributed by atoms with Crippen LogP contribution < -0.4 is 16.0 Å². The molecular formula is C21H23N7. The van der Waals surface area contributed by atoms with Crippen molar-refractivity contribution in [1.82, 2.24) is 19.5 Å². The molecule has 0 saturated heterocycles. The van der Waals surface area contributed by atoms with E-state index in [0.717, 1.165) is 28.1 Å². The predicted octanol–water partition coefficient (Wildman–Crippen LogP) is 2.99. The van der Waals surface area contributed by atoms with Gasteiger partial charge in [0.15, 0.2) is 17.0 Å². The molecule has 0 radical (unpaired) electrons. The van der Waals surface area contributed by atoms with Gasteiger partial charge in [-0.1, -0.05) is 30.3 Å². The maximum absolute atomic E-state index is 6.36. The molecule has 0 fully saturated rings. The second-order valence-electron chi connectivity index (χ2n) is 6.82. The van der Waals surface area contributed by atoms with Crippen molar-refractivity contribution >= 4 is 22.7 Å². The van der Waals surface area contributed by atoms with Crippen molar-refractivity contribution in [1.29, 1.82) is 0 Å². The van der Waals surface area contributed by atoms with Crippen LogP contribution in [0.2, 0.25) is 0 Å². The van der Waals surface area contributed by atoms with E-state index in [1.165, 1.54) is 0 Å². The summed E-state index contributed by atoms with van der Waals surface area (Å²) in [6, 6.07) is 18.1. The quantitative estimate of drug-likeness (QED) is 0.540. The summed E-state index contributed by atoms with van der Waals surface area (Å²) in [4.78, 5) is 15.3. The second kappa shape index (κ2) is 7.66. The van der Waals surface area contributed by atoms with Crippen LogP contribution in [-0.2, 0) is 0 Å². The van der Waals surface area contributed by atoms with Crippen LogP contribution in [0.15, 0.2) is 67.3 Å². The van der Waals surface area contributed by atoms with Crippen molar-refractivity contribution in [2.75, 3.05) is 30.9 Å². The summed E-state index contributed by atoms with van der Waals surface area (Å²) in [5.74, 6) is 0.681. The van der Waals surface area contributed by atoms with Crippen LogP contribution in [0.3, 0.4) is 0 Å². The number of hydrogen-bond donors (Lipinski definition) is 2. The van der Waals surface area contributed by atoms with Gasteiger partial charge in [0.05, 0.1) is 0 Å². The van der Waals surface area contributed by atoms with Gasteiger partial charge in [0.25, 0.3) is 0 Å². The first-order valence-corrected chi connectivity index (χ1v) is 9.13. The number of imidazole rings is 1. The van der Waals surface area contributed by atoms with Crippen molar-refractivity contribution in [2.24, 2.45) is 5.73 Å². The highest BCUT2D eigenvalue weighted by molar-refractivity contribution is 5.83. The first kappa shape index (κ1) is 17.9. The molecule has 2 aromatic heterocycles. The first-order chi connectivity index (χ1) is 13.6. The van der Waals surface area contributed by atoms with Crippen molar-refractivity contribution in [2.45, 2.75) is 6.04 Å². The van der Waals surface area contributed by atoms with Crippen LogP contribution in [0.25, 0.3) is 16.9 Å². The number of nitrogens with one attached hydrogen (secondary N) is 1. The van der Waals surface area contributed by atoms with E-state index in [1.807, 2.05) is 49.0 Å². The van der Waals surface area contributed by atoms with E-state index in [-0.39, 0.29) is 6.04 Å². The number of nitrogens with zero attached hydrogens (tertiary/aromatic N) is 5. The molecule has 0 aliphatic carbocycles. The molecule has 0 saturated carbocycles. The molecule has 4 rings (SSSR count). The van der Waals surface area contributed by atoms with Crippen molar-refractivity contribution in [3.05, 3.63) is 72.8 Å².